The van der Waals surface area contributed by atoms with Gasteiger partial charge in [0.15, 0.2) is 0 Å². The van der Waals surface area contributed by atoms with Gasteiger partial charge in [-0.1, -0.05) is 78.9 Å². The van der Waals surface area contributed by atoms with Crippen molar-refractivity contribution in [3.05, 3.63) is 107 Å². The van der Waals surface area contributed by atoms with Crippen molar-refractivity contribution in [3.63, 3.8) is 0 Å². The summed E-state index contributed by atoms with van der Waals surface area (Å²) in [4.78, 5) is 27.7. The number of amides is 3. The second-order valence-electron chi connectivity index (χ2n) is 8.40. The third-order valence-electron chi connectivity index (χ3n) is 6.08. The molecule has 2 atom stereocenters. The van der Waals surface area contributed by atoms with E-state index in [1.165, 1.54) is 6.07 Å². The normalized spacial score (nSPS) is 17.9. The second kappa shape index (κ2) is 10.8. The molecule has 1 aliphatic rings. The lowest BCUT2D eigenvalue weighted by atomic mass is 9.84. The summed E-state index contributed by atoms with van der Waals surface area (Å²) in [5.74, 6) is -0.838. The fourth-order valence-corrected chi connectivity index (χ4v) is 4.28. The van der Waals surface area contributed by atoms with E-state index in [9.17, 15) is 14.0 Å². The lowest BCUT2D eigenvalue weighted by molar-refractivity contribution is -0.126. The number of piperidine rings is 1. The molecule has 6 heteroatoms. The standard InChI is InChI=1S/C27H28FN3O2/c28-25-14-8-7-13-22(25)17-29-26(32)24-15-23(21-11-5-2-6-12-21)18-31(19-24)27(33)30-16-20-9-3-1-4-10-20/h1-14,23-24H,15-19H2,(H,29,32)(H,30,33)/t23-,24+/m0/s1. The van der Waals surface area contributed by atoms with Crippen LogP contribution in [0.2, 0.25) is 0 Å². The zero-order chi connectivity index (χ0) is 23.0. The molecule has 0 bridgehead atoms. The van der Waals surface area contributed by atoms with Gasteiger partial charge in [0.2, 0.25) is 5.91 Å². The van der Waals surface area contributed by atoms with Crippen molar-refractivity contribution < 1.29 is 14.0 Å². The molecule has 1 fully saturated rings. The molecule has 5 nitrogen and oxygen atoms in total. The zero-order valence-electron chi connectivity index (χ0n) is 18.4. The molecular weight excluding hydrogens is 417 g/mol. The van der Waals surface area contributed by atoms with E-state index in [4.69, 9.17) is 0 Å². The Hall–Kier alpha value is -3.67. The highest BCUT2D eigenvalue weighted by molar-refractivity contribution is 5.81. The summed E-state index contributed by atoms with van der Waals surface area (Å²) in [5, 5.41) is 5.83. The quantitative estimate of drug-likeness (QED) is 0.589. The van der Waals surface area contributed by atoms with Gasteiger partial charge in [-0.15, -0.1) is 0 Å². The van der Waals surface area contributed by atoms with E-state index in [0.29, 0.717) is 31.6 Å². The first-order valence-electron chi connectivity index (χ1n) is 11.2. The van der Waals surface area contributed by atoms with Crippen molar-refractivity contribution in [1.29, 1.82) is 0 Å². The van der Waals surface area contributed by atoms with Crippen LogP contribution < -0.4 is 10.6 Å². The number of nitrogens with zero attached hydrogens (tertiary/aromatic N) is 1. The fourth-order valence-electron chi connectivity index (χ4n) is 4.28. The van der Waals surface area contributed by atoms with Crippen LogP contribution in [-0.4, -0.2) is 29.9 Å². The lowest BCUT2D eigenvalue weighted by Crippen LogP contribution is -2.50. The number of halogens is 1. The Kier molecular flexibility index (Phi) is 7.35. The molecular formula is C27H28FN3O2. The molecule has 3 aromatic rings. The highest BCUT2D eigenvalue weighted by Gasteiger charge is 2.34. The van der Waals surface area contributed by atoms with Crippen molar-refractivity contribution >= 4 is 11.9 Å². The number of carbonyl (C=O) groups excluding carboxylic acids is 2. The van der Waals surface area contributed by atoms with Crippen molar-refractivity contribution in [3.8, 4) is 0 Å². The Morgan fingerprint density at radius 1 is 0.818 bits per heavy atom. The molecule has 3 aromatic carbocycles. The third kappa shape index (κ3) is 5.98. The van der Waals surface area contributed by atoms with Crippen LogP contribution in [0.4, 0.5) is 9.18 Å². The second-order valence-corrected chi connectivity index (χ2v) is 8.40. The maximum atomic E-state index is 13.9. The Balaban J connectivity index is 1.44. The molecule has 0 saturated carbocycles. The maximum Gasteiger partial charge on any atom is 0.317 e. The molecule has 3 amide bonds. The molecule has 0 aliphatic carbocycles. The van der Waals surface area contributed by atoms with E-state index in [1.807, 2.05) is 60.7 Å². The van der Waals surface area contributed by atoms with Gasteiger partial charge in [-0.05, 0) is 23.6 Å². The minimum absolute atomic E-state index is 0.0478. The average Bonchev–Trinajstić information content (AvgIpc) is 2.87. The molecule has 1 aliphatic heterocycles. The van der Waals surface area contributed by atoms with Crippen molar-refractivity contribution in [2.45, 2.75) is 25.4 Å². The third-order valence-corrected chi connectivity index (χ3v) is 6.08. The highest BCUT2D eigenvalue weighted by atomic mass is 19.1. The lowest BCUT2D eigenvalue weighted by Gasteiger charge is -2.37. The summed E-state index contributed by atoms with van der Waals surface area (Å²) >= 11 is 0. The number of urea groups is 1. The molecule has 4 rings (SSSR count). The number of rotatable bonds is 6. The molecule has 1 heterocycles. The zero-order valence-corrected chi connectivity index (χ0v) is 18.4. The summed E-state index contributed by atoms with van der Waals surface area (Å²) < 4.78 is 13.9. The van der Waals surface area contributed by atoms with E-state index in [0.717, 1.165) is 11.1 Å². The summed E-state index contributed by atoms with van der Waals surface area (Å²) in [6, 6.07) is 25.9. The molecule has 0 spiro atoms. The van der Waals surface area contributed by atoms with Gasteiger partial charge in [0.1, 0.15) is 5.82 Å². The number of likely N-dealkylation sites (tertiary alicyclic amines) is 1. The summed E-state index contributed by atoms with van der Waals surface area (Å²) in [5.41, 5.74) is 2.56. The fraction of sp³-hybridized carbons (Fsp3) is 0.259. The molecule has 1 saturated heterocycles. The largest absolute Gasteiger partial charge is 0.352 e. The predicted octanol–water partition coefficient (Wildman–Crippen LogP) is 4.46. The van der Waals surface area contributed by atoms with Gasteiger partial charge in [0, 0.05) is 37.7 Å². The maximum absolute atomic E-state index is 13.9. The summed E-state index contributed by atoms with van der Waals surface area (Å²) in [7, 11) is 0. The predicted molar refractivity (Wildman–Crippen MR) is 126 cm³/mol. The van der Waals surface area contributed by atoms with Crippen molar-refractivity contribution in [2.75, 3.05) is 13.1 Å². The van der Waals surface area contributed by atoms with E-state index in [-0.39, 0.29) is 36.1 Å². The van der Waals surface area contributed by atoms with Crippen LogP contribution in [0.15, 0.2) is 84.9 Å². The Morgan fingerprint density at radius 3 is 2.21 bits per heavy atom. The van der Waals surface area contributed by atoms with Crippen LogP contribution in [0.1, 0.15) is 29.0 Å². The number of hydrogen-bond donors (Lipinski definition) is 2. The van der Waals surface area contributed by atoms with Gasteiger partial charge in [0.05, 0.1) is 5.92 Å². The molecule has 0 unspecified atom stereocenters. The van der Waals surface area contributed by atoms with Gasteiger partial charge < -0.3 is 15.5 Å². The average molecular weight is 446 g/mol. The molecule has 170 valence electrons. The first-order chi connectivity index (χ1) is 16.1. The molecule has 0 radical (unpaired) electrons. The van der Waals surface area contributed by atoms with Gasteiger partial charge >= 0.3 is 6.03 Å². The Bertz CT molecular complexity index is 1070. The van der Waals surface area contributed by atoms with E-state index >= 15 is 0 Å². The van der Waals surface area contributed by atoms with Crippen molar-refractivity contribution in [2.24, 2.45) is 5.92 Å². The summed E-state index contributed by atoms with van der Waals surface area (Å²) in [6.45, 7) is 1.42. The van der Waals surface area contributed by atoms with Gasteiger partial charge in [-0.2, -0.15) is 0 Å². The highest BCUT2D eigenvalue weighted by Crippen LogP contribution is 2.30. The first-order valence-corrected chi connectivity index (χ1v) is 11.2. The van der Waals surface area contributed by atoms with Crippen molar-refractivity contribution in [1.82, 2.24) is 15.5 Å². The van der Waals surface area contributed by atoms with Crippen LogP contribution in [0.25, 0.3) is 0 Å². The van der Waals surface area contributed by atoms with Crippen LogP contribution in [0.5, 0.6) is 0 Å². The SMILES string of the molecule is O=C(NCc1ccccc1F)[C@@H]1C[C@H](c2ccccc2)CN(C(=O)NCc2ccccc2)C1. The smallest absolute Gasteiger partial charge is 0.317 e. The minimum Gasteiger partial charge on any atom is -0.352 e. The molecule has 2 N–H and O–H groups in total. The van der Waals surface area contributed by atoms with E-state index in [2.05, 4.69) is 10.6 Å². The number of carbonyl (C=O) groups is 2. The van der Waals surface area contributed by atoms with Crippen LogP contribution in [0, 0.1) is 11.7 Å². The topological polar surface area (TPSA) is 61.4 Å². The summed E-state index contributed by atoms with van der Waals surface area (Å²) in [6.07, 6.45) is 0.635. The van der Waals surface area contributed by atoms with Crippen LogP contribution in [0.3, 0.4) is 0 Å². The van der Waals surface area contributed by atoms with Crippen LogP contribution in [-0.2, 0) is 17.9 Å². The number of nitrogens with one attached hydrogen (secondary N) is 2. The van der Waals surface area contributed by atoms with Gasteiger partial charge in [0.25, 0.3) is 0 Å². The molecule has 0 aromatic heterocycles. The first kappa shape index (κ1) is 22.5. The van der Waals surface area contributed by atoms with Crippen LogP contribution >= 0.6 is 0 Å². The molecule has 33 heavy (non-hydrogen) atoms. The van der Waals surface area contributed by atoms with Gasteiger partial charge in [-0.3, -0.25) is 4.79 Å². The van der Waals surface area contributed by atoms with E-state index < -0.39 is 0 Å². The Morgan fingerprint density at radius 2 is 1.48 bits per heavy atom. The number of benzene rings is 3. The van der Waals surface area contributed by atoms with E-state index in [1.54, 1.807) is 23.1 Å². The minimum atomic E-state index is -0.377. The van der Waals surface area contributed by atoms with Gasteiger partial charge in [-0.25, -0.2) is 9.18 Å². The number of hydrogen-bond acceptors (Lipinski definition) is 2. The Labute approximate surface area is 193 Å². The monoisotopic (exact) mass is 445 g/mol.